The molecular formula is C10H16N2O2. The van der Waals surface area contributed by atoms with Crippen molar-refractivity contribution in [2.75, 3.05) is 20.1 Å². The molecule has 2 heterocycles. The number of amides is 2. The van der Waals surface area contributed by atoms with Gasteiger partial charge in [0.1, 0.15) is 6.04 Å². The van der Waals surface area contributed by atoms with Gasteiger partial charge >= 0.3 is 0 Å². The fraction of sp³-hybridized carbons (Fsp3) is 0.800. The summed E-state index contributed by atoms with van der Waals surface area (Å²) in [6.07, 6.45) is 1.91. The molecule has 0 bridgehead atoms. The summed E-state index contributed by atoms with van der Waals surface area (Å²) in [6, 6.07) is -0.161. The van der Waals surface area contributed by atoms with Crippen LogP contribution in [0.3, 0.4) is 0 Å². The molecule has 0 radical (unpaired) electrons. The molecule has 0 spiro atoms. The predicted molar refractivity (Wildman–Crippen MR) is 51.5 cm³/mol. The number of likely N-dealkylation sites (N-methyl/N-ethyl adjacent to an activating group) is 1. The number of carbonyl (C=O) groups is 2. The van der Waals surface area contributed by atoms with Crippen LogP contribution in [-0.2, 0) is 9.59 Å². The van der Waals surface area contributed by atoms with E-state index in [0.29, 0.717) is 5.92 Å². The lowest BCUT2D eigenvalue weighted by atomic mass is 10.0. The highest BCUT2D eigenvalue weighted by atomic mass is 16.2. The van der Waals surface area contributed by atoms with Gasteiger partial charge in [-0.05, 0) is 12.3 Å². The van der Waals surface area contributed by atoms with E-state index in [0.717, 1.165) is 19.4 Å². The lowest BCUT2D eigenvalue weighted by molar-refractivity contribution is -0.152. The number of rotatable bonds is 1. The molecule has 2 atom stereocenters. The molecule has 0 saturated carbocycles. The van der Waals surface area contributed by atoms with Gasteiger partial charge in [-0.25, -0.2) is 0 Å². The molecule has 2 amide bonds. The smallest absolute Gasteiger partial charge is 0.245 e. The average molecular weight is 196 g/mol. The summed E-state index contributed by atoms with van der Waals surface area (Å²) in [5.74, 6) is 0.730. The standard InChI is InChI=1S/C10H16N2O2/c1-3-7-4-8-10(14)11(2)6-9(13)12(8)5-7/h7-8H,3-6H2,1-2H3. The van der Waals surface area contributed by atoms with Crippen molar-refractivity contribution in [3.05, 3.63) is 0 Å². The molecule has 0 N–H and O–H groups in total. The van der Waals surface area contributed by atoms with E-state index in [9.17, 15) is 9.59 Å². The highest BCUT2D eigenvalue weighted by Crippen LogP contribution is 2.29. The zero-order valence-corrected chi connectivity index (χ0v) is 8.69. The van der Waals surface area contributed by atoms with Crippen molar-refractivity contribution >= 4 is 11.8 Å². The van der Waals surface area contributed by atoms with E-state index in [2.05, 4.69) is 6.92 Å². The van der Waals surface area contributed by atoms with Crippen molar-refractivity contribution in [3.8, 4) is 0 Å². The third-order valence-electron chi connectivity index (χ3n) is 3.32. The summed E-state index contributed by atoms with van der Waals surface area (Å²) >= 11 is 0. The Balaban J connectivity index is 2.18. The summed E-state index contributed by atoms with van der Waals surface area (Å²) < 4.78 is 0. The van der Waals surface area contributed by atoms with Gasteiger partial charge in [0, 0.05) is 13.6 Å². The molecule has 2 aliphatic heterocycles. The molecule has 0 aromatic rings. The van der Waals surface area contributed by atoms with Crippen molar-refractivity contribution < 1.29 is 9.59 Å². The Morgan fingerprint density at radius 2 is 2.14 bits per heavy atom. The van der Waals surface area contributed by atoms with E-state index >= 15 is 0 Å². The third kappa shape index (κ3) is 1.29. The maximum absolute atomic E-state index is 11.7. The molecule has 2 rings (SSSR count). The number of hydrogen-bond donors (Lipinski definition) is 0. The van der Waals surface area contributed by atoms with Crippen LogP contribution in [0.25, 0.3) is 0 Å². The van der Waals surface area contributed by atoms with Gasteiger partial charge in [-0.1, -0.05) is 13.3 Å². The van der Waals surface area contributed by atoms with E-state index in [1.54, 1.807) is 16.8 Å². The second kappa shape index (κ2) is 3.26. The van der Waals surface area contributed by atoms with Crippen molar-refractivity contribution in [2.24, 2.45) is 5.92 Å². The van der Waals surface area contributed by atoms with E-state index in [1.165, 1.54) is 0 Å². The molecule has 0 aliphatic carbocycles. The largest absolute Gasteiger partial charge is 0.335 e. The predicted octanol–water partition coefficient (Wildman–Crippen LogP) is 0.0855. The van der Waals surface area contributed by atoms with Gasteiger partial charge in [0.05, 0.1) is 6.54 Å². The molecule has 4 nitrogen and oxygen atoms in total. The molecule has 2 unspecified atom stereocenters. The third-order valence-corrected chi connectivity index (χ3v) is 3.32. The first-order valence-electron chi connectivity index (χ1n) is 5.18. The van der Waals surface area contributed by atoms with E-state index in [-0.39, 0.29) is 24.4 Å². The van der Waals surface area contributed by atoms with Crippen LogP contribution >= 0.6 is 0 Å². The minimum atomic E-state index is -0.161. The SMILES string of the molecule is CCC1CC2C(=O)N(C)CC(=O)N2C1. The normalized spacial score (nSPS) is 32.4. The molecule has 2 fully saturated rings. The Kier molecular flexibility index (Phi) is 2.21. The number of carbonyl (C=O) groups excluding carboxylic acids is 2. The maximum atomic E-state index is 11.7. The van der Waals surface area contributed by atoms with Crippen LogP contribution in [0, 0.1) is 5.92 Å². The summed E-state index contributed by atoms with van der Waals surface area (Å²) in [4.78, 5) is 26.7. The number of piperazine rings is 1. The number of nitrogens with zero attached hydrogens (tertiary/aromatic N) is 2. The molecule has 2 aliphatic rings. The van der Waals surface area contributed by atoms with Crippen molar-refractivity contribution in [1.82, 2.24) is 9.80 Å². The molecule has 0 aromatic heterocycles. The Bertz CT molecular complexity index is 277. The fourth-order valence-electron chi connectivity index (χ4n) is 2.35. The highest BCUT2D eigenvalue weighted by molar-refractivity contribution is 5.95. The van der Waals surface area contributed by atoms with E-state index < -0.39 is 0 Å². The maximum Gasteiger partial charge on any atom is 0.245 e. The second-order valence-corrected chi connectivity index (χ2v) is 4.27. The Hall–Kier alpha value is -1.06. The Labute approximate surface area is 83.9 Å². The van der Waals surface area contributed by atoms with Gasteiger partial charge in [0.25, 0.3) is 0 Å². The van der Waals surface area contributed by atoms with E-state index in [1.807, 2.05) is 0 Å². The minimum Gasteiger partial charge on any atom is -0.335 e. The van der Waals surface area contributed by atoms with Crippen LogP contribution in [0.2, 0.25) is 0 Å². The van der Waals surface area contributed by atoms with Crippen LogP contribution in [-0.4, -0.2) is 47.8 Å². The summed E-state index contributed by atoms with van der Waals surface area (Å²) in [5, 5.41) is 0. The van der Waals surface area contributed by atoms with Gasteiger partial charge in [-0.15, -0.1) is 0 Å². The van der Waals surface area contributed by atoms with Gasteiger partial charge in [-0.3, -0.25) is 9.59 Å². The van der Waals surface area contributed by atoms with Gasteiger partial charge in [0.2, 0.25) is 11.8 Å². The van der Waals surface area contributed by atoms with Crippen LogP contribution < -0.4 is 0 Å². The summed E-state index contributed by atoms with van der Waals surface area (Å²) in [7, 11) is 1.71. The zero-order chi connectivity index (χ0) is 10.3. The first-order chi connectivity index (χ1) is 6.63. The fourth-order valence-corrected chi connectivity index (χ4v) is 2.35. The van der Waals surface area contributed by atoms with Gasteiger partial charge in [0.15, 0.2) is 0 Å². The molecule has 4 heteroatoms. The number of hydrogen-bond acceptors (Lipinski definition) is 2. The zero-order valence-electron chi connectivity index (χ0n) is 8.69. The first-order valence-corrected chi connectivity index (χ1v) is 5.18. The lowest BCUT2D eigenvalue weighted by Crippen LogP contribution is -2.55. The quantitative estimate of drug-likeness (QED) is 0.596. The minimum absolute atomic E-state index is 0.105. The molecule has 0 aromatic carbocycles. The van der Waals surface area contributed by atoms with Crippen molar-refractivity contribution in [3.63, 3.8) is 0 Å². The summed E-state index contributed by atoms with van der Waals surface area (Å²) in [6.45, 7) is 3.15. The average Bonchev–Trinajstić information content (AvgIpc) is 2.58. The number of fused-ring (bicyclic) bond motifs is 1. The van der Waals surface area contributed by atoms with Crippen LogP contribution in [0.4, 0.5) is 0 Å². The highest BCUT2D eigenvalue weighted by Gasteiger charge is 2.43. The van der Waals surface area contributed by atoms with Crippen LogP contribution in [0.15, 0.2) is 0 Å². The van der Waals surface area contributed by atoms with Crippen molar-refractivity contribution in [2.45, 2.75) is 25.8 Å². The second-order valence-electron chi connectivity index (χ2n) is 4.27. The van der Waals surface area contributed by atoms with Crippen LogP contribution in [0.5, 0.6) is 0 Å². The molecule has 2 saturated heterocycles. The molecular weight excluding hydrogens is 180 g/mol. The van der Waals surface area contributed by atoms with Gasteiger partial charge < -0.3 is 9.80 Å². The van der Waals surface area contributed by atoms with Gasteiger partial charge in [-0.2, -0.15) is 0 Å². The monoisotopic (exact) mass is 196 g/mol. The van der Waals surface area contributed by atoms with E-state index in [4.69, 9.17) is 0 Å². The summed E-state index contributed by atoms with van der Waals surface area (Å²) in [5.41, 5.74) is 0. The molecule has 14 heavy (non-hydrogen) atoms. The molecule has 78 valence electrons. The first kappa shape index (κ1) is 9.49. The van der Waals surface area contributed by atoms with Crippen molar-refractivity contribution in [1.29, 1.82) is 0 Å². The Morgan fingerprint density at radius 3 is 2.79 bits per heavy atom. The van der Waals surface area contributed by atoms with Crippen LogP contribution in [0.1, 0.15) is 19.8 Å². The Morgan fingerprint density at radius 1 is 1.43 bits per heavy atom. The lowest BCUT2D eigenvalue weighted by Gasteiger charge is -2.34. The topological polar surface area (TPSA) is 40.6 Å².